The summed E-state index contributed by atoms with van der Waals surface area (Å²) in [5.74, 6) is 0.397. The Kier molecular flexibility index (Phi) is 3.69. The van der Waals surface area contributed by atoms with Crippen molar-refractivity contribution in [3.8, 4) is 0 Å². The Hall–Kier alpha value is -0.610. The summed E-state index contributed by atoms with van der Waals surface area (Å²) in [6.45, 7) is 3.43. The van der Waals surface area contributed by atoms with E-state index in [-0.39, 0.29) is 12.5 Å². The molecule has 1 aliphatic rings. The summed E-state index contributed by atoms with van der Waals surface area (Å²) >= 11 is 0. The second-order valence-electron chi connectivity index (χ2n) is 3.74. The number of hydrogen-bond donors (Lipinski definition) is 2. The average molecular weight is 186 g/mol. The zero-order valence-corrected chi connectivity index (χ0v) is 8.07. The van der Waals surface area contributed by atoms with Crippen molar-refractivity contribution in [3.05, 3.63) is 0 Å². The molecule has 3 N–H and O–H groups in total. The van der Waals surface area contributed by atoms with Gasteiger partial charge in [0.1, 0.15) is 0 Å². The molecule has 1 atom stereocenters. The van der Waals surface area contributed by atoms with Gasteiger partial charge in [-0.05, 0) is 25.7 Å². The first-order valence-corrected chi connectivity index (χ1v) is 4.80. The van der Waals surface area contributed by atoms with Gasteiger partial charge in [-0.2, -0.15) is 0 Å². The molecule has 0 spiro atoms. The van der Waals surface area contributed by atoms with Crippen LogP contribution >= 0.6 is 0 Å². The molecule has 0 radical (unpaired) electrons. The monoisotopic (exact) mass is 186 g/mol. The normalized spacial score (nSPS) is 21.6. The molecule has 0 aliphatic carbocycles. The van der Waals surface area contributed by atoms with Gasteiger partial charge in [0, 0.05) is 19.7 Å². The van der Waals surface area contributed by atoms with Gasteiger partial charge in [-0.3, -0.25) is 4.79 Å². The Morgan fingerprint density at radius 2 is 2.15 bits per heavy atom. The number of aliphatic hydroxyl groups excluding tert-OH is 1. The van der Waals surface area contributed by atoms with Gasteiger partial charge < -0.3 is 15.7 Å². The molecule has 0 saturated carbocycles. The van der Waals surface area contributed by atoms with Crippen LogP contribution < -0.4 is 5.73 Å². The third-order valence-electron chi connectivity index (χ3n) is 2.57. The molecule has 0 aromatic heterocycles. The molecule has 1 rings (SSSR count). The number of carbonyl (C=O) groups excluding carboxylic acids is 1. The number of rotatable bonds is 2. The molecule has 1 unspecified atom stereocenters. The number of piperidine rings is 1. The molecule has 1 heterocycles. The first-order valence-electron chi connectivity index (χ1n) is 4.80. The average Bonchev–Trinajstić information content (AvgIpc) is 2.17. The summed E-state index contributed by atoms with van der Waals surface area (Å²) in [6.07, 6.45) is 1.80. The highest BCUT2D eigenvalue weighted by molar-refractivity contribution is 5.81. The zero-order valence-electron chi connectivity index (χ0n) is 8.07. The van der Waals surface area contributed by atoms with Crippen LogP contribution in [0.25, 0.3) is 0 Å². The molecule has 13 heavy (non-hydrogen) atoms. The summed E-state index contributed by atoms with van der Waals surface area (Å²) in [6, 6.07) is -0.398. The van der Waals surface area contributed by atoms with E-state index in [1.807, 2.05) is 0 Å². The number of nitrogens with two attached hydrogens (primary N) is 1. The fourth-order valence-corrected chi connectivity index (χ4v) is 1.62. The summed E-state index contributed by atoms with van der Waals surface area (Å²) < 4.78 is 0. The van der Waals surface area contributed by atoms with Crippen LogP contribution in [0, 0.1) is 5.92 Å². The number of likely N-dealkylation sites (tertiary alicyclic amines) is 1. The van der Waals surface area contributed by atoms with Crippen LogP contribution in [-0.2, 0) is 4.79 Å². The maximum atomic E-state index is 11.4. The lowest BCUT2D eigenvalue weighted by molar-refractivity contribution is -0.133. The number of amides is 1. The van der Waals surface area contributed by atoms with E-state index in [1.54, 1.807) is 11.8 Å². The zero-order chi connectivity index (χ0) is 9.84. The highest BCUT2D eigenvalue weighted by Crippen LogP contribution is 2.16. The first-order chi connectivity index (χ1) is 6.15. The second-order valence-corrected chi connectivity index (χ2v) is 3.74. The minimum absolute atomic E-state index is 0.0244. The molecule has 0 aromatic carbocycles. The summed E-state index contributed by atoms with van der Waals surface area (Å²) in [7, 11) is 0. The predicted octanol–water partition coefficient (Wildman–Crippen LogP) is -0.435. The third-order valence-corrected chi connectivity index (χ3v) is 2.57. The summed E-state index contributed by atoms with van der Waals surface area (Å²) in [5.41, 5.74) is 5.49. The predicted molar refractivity (Wildman–Crippen MR) is 50.0 cm³/mol. The molecular weight excluding hydrogens is 168 g/mol. The van der Waals surface area contributed by atoms with Gasteiger partial charge >= 0.3 is 0 Å². The van der Waals surface area contributed by atoms with Crippen molar-refractivity contribution in [2.45, 2.75) is 25.8 Å². The van der Waals surface area contributed by atoms with E-state index >= 15 is 0 Å². The lowest BCUT2D eigenvalue weighted by Crippen LogP contribution is -2.46. The van der Waals surface area contributed by atoms with Crippen molar-refractivity contribution >= 4 is 5.91 Å². The fourth-order valence-electron chi connectivity index (χ4n) is 1.62. The molecule has 1 fully saturated rings. The molecule has 0 bridgehead atoms. The minimum Gasteiger partial charge on any atom is -0.396 e. The highest BCUT2D eigenvalue weighted by Gasteiger charge is 2.23. The van der Waals surface area contributed by atoms with Gasteiger partial charge in [0.2, 0.25) is 5.91 Å². The van der Waals surface area contributed by atoms with Crippen molar-refractivity contribution in [1.82, 2.24) is 4.90 Å². The van der Waals surface area contributed by atoms with Crippen molar-refractivity contribution in [2.24, 2.45) is 11.7 Å². The van der Waals surface area contributed by atoms with Crippen molar-refractivity contribution in [2.75, 3.05) is 19.7 Å². The van der Waals surface area contributed by atoms with Crippen LogP contribution in [0.15, 0.2) is 0 Å². The Labute approximate surface area is 78.7 Å². The molecule has 0 aromatic rings. The Morgan fingerprint density at radius 1 is 1.62 bits per heavy atom. The Morgan fingerprint density at radius 3 is 2.54 bits per heavy atom. The van der Waals surface area contributed by atoms with Gasteiger partial charge in [0.05, 0.1) is 6.04 Å². The Bertz CT molecular complexity index is 174. The molecule has 4 heteroatoms. The second kappa shape index (κ2) is 4.58. The topological polar surface area (TPSA) is 66.6 Å². The molecule has 1 saturated heterocycles. The third kappa shape index (κ3) is 2.67. The van der Waals surface area contributed by atoms with Crippen LogP contribution in [0.2, 0.25) is 0 Å². The van der Waals surface area contributed by atoms with Gasteiger partial charge in [0.25, 0.3) is 0 Å². The van der Waals surface area contributed by atoms with Gasteiger partial charge in [0.15, 0.2) is 0 Å². The lowest BCUT2D eigenvalue weighted by Gasteiger charge is -2.32. The van der Waals surface area contributed by atoms with E-state index in [4.69, 9.17) is 10.8 Å². The molecule has 1 aliphatic heterocycles. The van der Waals surface area contributed by atoms with Gasteiger partial charge in [-0.1, -0.05) is 0 Å². The van der Waals surface area contributed by atoms with Crippen molar-refractivity contribution < 1.29 is 9.90 Å². The smallest absolute Gasteiger partial charge is 0.239 e. The van der Waals surface area contributed by atoms with Crippen molar-refractivity contribution in [1.29, 1.82) is 0 Å². The van der Waals surface area contributed by atoms with Gasteiger partial charge in [-0.15, -0.1) is 0 Å². The van der Waals surface area contributed by atoms with Crippen molar-refractivity contribution in [3.63, 3.8) is 0 Å². The van der Waals surface area contributed by atoms with Crippen LogP contribution in [-0.4, -0.2) is 41.7 Å². The SMILES string of the molecule is CC(N)C(=O)N1CCC(CO)CC1. The summed E-state index contributed by atoms with van der Waals surface area (Å²) in [5, 5.41) is 8.90. The maximum absolute atomic E-state index is 11.4. The van der Waals surface area contributed by atoms with Crippen LogP contribution in [0.3, 0.4) is 0 Å². The van der Waals surface area contributed by atoms with Crippen LogP contribution in [0.1, 0.15) is 19.8 Å². The summed E-state index contributed by atoms with van der Waals surface area (Å²) in [4.78, 5) is 13.2. The number of carbonyl (C=O) groups is 1. The maximum Gasteiger partial charge on any atom is 0.239 e. The molecule has 76 valence electrons. The molecule has 1 amide bonds. The molecule has 4 nitrogen and oxygen atoms in total. The molecular formula is C9H18N2O2. The van der Waals surface area contributed by atoms with E-state index in [9.17, 15) is 4.79 Å². The van der Waals surface area contributed by atoms with E-state index in [2.05, 4.69) is 0 Å². The van der Waals surface area contributed by atoms with E-state index < -0.39 is 6.04 Å². The Balaban J connectivity index is 2.36. The fraction of sp³-hybridized carbons (Fsp3) is 0.889. The van der Waals surface area contributed by atoms with E-state index in [0.717, 1.165) is 25.9 Å². The number of hydrogen-bond acceptors (Lipinski definition) is 3. The number of nitrogens with zero attached hydrogens (tertiary/aromatic N) is 1. The van der Waals surface area contributed by atoms with Gasteiger partial charge in [-0.25, -0.2) is 0 Å². The van der Waals surface area contributed by atoms with Crippen LogP contribution in [0.5, 0.6) is 0 Å². The first kappa shape index (κ1) is 10.5. The standard InChI is InChI=1S/C9H18N2O2/c1-7(10)9(13)11-4-2-8(6-12)3-5-11/h7-8,12H,2-6,10H2,1H3. The minimum atomic E-state index is -0.398. The highest BCUT2D eigenvalue weighted by atomic mass is 16.3. The number of aliphatic hydroxyl groups is 1. The van der Waals surface area contributed by atoms with Crippen LogP contribution in [0.4, 0.5) is 0 Å². The largest absolute Gasteiger partial charge is 0.396 e. The quantitative estimate of drug-likeness (QED) is 0.614. The van der Waals surface area contributed by atoms with E-state index in [1.165, 1.54) is 0 Å². The van der Waals surface area contributed by atoms with E-state index in [0.29, 0.717) is 5.92 Å². The lowest BCUT2D eigenvalue weighted by atomic mass is 9.97.